The van der Waals surface area contributed by atoms with E-state index in [1.165, 1.54) is 6.07 Å². The lowest BCUT2D eigenvalue weighted by atomic mass is 9.81. The van der Waals surface area contributed by atoms with Crippen LogP contribution in [0.15, 0.2) is 12.1 Å². The summed E-state index contributed by atoms with van der Waals surface area (Å²) in [4.78, 5) is 22.4. The van der Waals surface area contributed by atoms with E-state index in [1.54, 1.807) is 0 Å². The van der Waals surface area contributed by atoms with E-state index in [0.29, 0.717) is 12.5 Å². The van der Waals surface area contributed by atoms with Crippen molar-refractivity contribution < 1.29 is 9.72 Å². The number of nitrogen functional groups attached to an aromatic ring is 1. The normalized spacial score (nSPS) is 11.5. The van der Waals surface area contributed by atoms with E-state index in [1.807, 2.05) is 13.8 Å². The molecule has 1 aromatic rings. The fourth-order valence-electron chi connectivity index (χ4n) is 1.50. The first-order valence-electron chi connectivity index (χ1n) is 6.58. The Morgan fingerprint density at radius 1 is 1.48 bits per heavy atom. The highest BCUT2D eigenvalue weighted by molar-refractivity contribution is 6.34. The fourth-order valence-corrected chi connectivity index (χ4v) is 1.71. The van der Waals surface area contributed by atoms with Crippen LogP contribution in [0.4, 0.5) is 11.4 Å². The topological polar surface area (TPSA) is 98.3 Å². The molecular formula is C14H20ClN3O3. The van der Waals surface area contributed by atoms with Crippen LogP contribution in [0.2, 0.25) is 5.02 Å². The molecule has 1 amide bonds. The standard InChI is InChI=1S/C14H20ClN3O3/c1-8(2)14(3,4)7-17-13(19)9-5-10(15)12(16)11(6-9)18(20)21/h5-6,8H,7,16H2,1-4H3,(H,17,19). The number of carbonyl (C=O) groups is 1. The first-order valence-corrected chi connectivity index (χ1v) is 6.95. The number of rotatable bonds is 5. The third kappa shape index (κ3) is 4.07. The van der Waals surface area contributed by atoms with Crippen molar-refractivity contribution in [2.45, 2.75) is 27.7 Å². The molecule has 116 valence electrons. The Labute approximate surface area is 128 Å². The molecule has 7 heteroatoms. The average Bonchev–Trinajstić information content (AvgIpc) is 2.38. The van der Waals surface area contributed by atoms with Gasteiger partial charge < -0.3 is 11.1 Å². The lowest BCUT2D eigenvalue weighted by Gasteiger charge is -2.29. The molecule has 0 aliphatic rings. The monoisotopic (exact) mass is 313 g/mol. The number of amides is 1. The molecule has 0 spiro atoms. The molecule has 3 N–H and O–H groups in total. The predicted molar refractivity (Wildman–Crippen MR) is 83.5 cm³/mol. The van der Waals surface area contributed by atoms with E-state index in [2.05, 4.69) is 19.2 Å². The lowest BCUT2D eigenvalue weighted by Crippen LogP contribution is -2.37. The molecule has 6 nitrogen and oxygen atoms in total. The van der Waals surface area contributed by atoms with Gasteiger partial charge in [-0.1, -0.05) is 39.3 Å². The Morgan fingerprint density at radius 2 is 2.05 bits per heavy atom. The number of hydrogen-bond acceptors (Lipinski definition) is 4. The summed E-state index contributed by atoms with van der Waals surface area (Å²) in [5, 5.41) is 13.7. The first-order chi connectivity index (χ1) is 9.56. The van der Waals surface area contributed by atoms with Gasteiger partial charge >= 0.3 is 0 Å². The van der Waals surface area contributed by atoms with Crippen molar-refractivity contribution in [1.29, 1.82) is 0 Å². The molecule has 0 unspecified atom stereocenters. The van der Waals surface area contributed by atoms with E-state index < -0.39 is 10.8 Å². The maximum atomic E-state index is 12.1. The molecule has 1 rings (SSSR count). The lowest BCUT2D eigenvalue weighted by molar-refractivity contribution is -0.383. The minimum Gasteiger partial charge on any atom is -0.392 e. The summed E-state index contributed by atoms with van der Waals surface area (Å²) in [5.74, 6) is -0.0316. The molecule has 21 heavy (non-hydrogen) atoms. The zero-order valence-corrected chi connectivity index (χ0v) is 13.3. The highest BCUT2D eigenvalue weighted by atomic mass is 35.5. The molecule has 0 aliphatic heterocycles. The summed E-state index contributed by atoms with van der Waals surface area (Å²) < 4.78 is 0. The van der Waals surface area contributed by atoms with Crippen LogP contribution >= 0.6 is 11.6 Å². The average molecular weight is 314 g/mol. The van der Waals surface area contributed by atoms with Gasteiger partial charge in [0.1, 0.15) is 5.69 Å². The van der Waals surface area contributed by atoms with Gasteiger partial charge in [0.15, 0.2) is 0 Å². The van der Waals surface area contributed by atoms with Crippen LogP contribution in [0, 0.1) is 21.4 Å². The maximum Gasteiger partial charge on any atom is 0.294 e. The van der Waals surface area contributed by atoms with Crippen LogP contribution in [0.3, 0.4) is 0 Å². The zero-order chi connectivity index (χ0) is 16.4. The van der Waals surface area contributed by atoms with Gasteiger partial charge in [0.2, 0.25) is 0 Å². The van der Waals surface area contributed by atoms with E-state index in [-0.39, 0.29) is 27.4 Å². The van der Waals surface area contributed by atoms with Gasteiger partial charge in [-0.05, 0) is 17.4 Å². The quantitative estimate of drug-likeness (QED) is 0.495. The zero-order valence-electron chi connectivity index (χ0n) is 12.6. The summed E-state index contributed by atoms with van der Waals surface area (Å²) in [6, 6.07) is 2.47. The SMILES string of the molecule is CC(C)C(C)(C)CNC(=O)c1cc(Cl)c(N)c([N+](=O)[O-])c1. The maximum absolute atomic E-state index is 12.1. The first kappa shape index (κ1) is 17.2. The Kier molecular flexibility index (Phi) is 5.17. The second kappa shape index (κ2) is 6.30. The Hall–Kier alpha value is -1.82. The van der Waals surface area contributed by atoms with Gasteiger partial charge in [0.05, 0.1) is 9.95 Å². The highest BCUT2D eigenvalue weighted by Crippen LogP contribution is 2.31. The number of carbonyl (C=O) groups excluding carboxylic acids is 1. The number of benzene rings is 1. The van der Waals surface area contributed by atoms with Crippen molar-refractivity contribution >= 4 is 28.9 Å². The van der Waals surface area contributed by atoms with Crippen molar-refractivity contribution in [3.63, 3.8) is 0 Å². The number of anilines is 1. The van der Waals surface area contributed by atoms with E-state index >= 15 is 0 Å². The van der Waals surface area contributed by atoms with Crippen LogP contribution in [0.1, 0.15) is 38.1 Å². The van der Waals surface area contributed by atoms with Crippen LogP contribution in [0.25, 0.3) is 0 Å². The second-order valence-electron chi connectivity index (χ2n) is 5.97. The van der Waals surface area contributed by atoms with Crippen molar-refractivity contribution in [2.75, 3.05) is 12.3 Å². The molecule has 0 saturated carbocycles. The Balaban J connectivity index is 2.96. The van der Waals surface area contributed by atoms with Gasteiger partial charge in [0.25, 0.3) is 11.6 Å². The highest BCUT2D eigenvalue weighted by Gasteiger charge is 2.24. The second-order valence-corrected chi connectivity index (χ2v) is 6.38. The minimum atomic E-state index is -0.657. The number of nitro benzene ring substituents is 1. The number of halogens is 1. The van der Waals surface area contributed by atoms with Crippen molar-refractivity contribution in [2.24, 2.45) is 11.3 Å². The van der Waals surface area contributed by atoms with Gasteiger partial charge in [-0.3, -0.25) is 14.9 Å². The number of hydrogen-bond donors (Lipinski definition) is 2. The molecule has 1 aromatic carbocycles. The molecule has 0 aliphatic carbocycles. The number of nitro groups is 1. The smallest absolute Gasteiger partial charge is 0.294 e. The molecule has 0 radical (unpaired) electrons. The largest absolute Gasteiger partial charge is 0.392 e. The summed E-state index contributed by atoms with van der Waals surface area (Å²) in [6.45, 7) is 8.67. The number of nitrogens with one attached hydrogen (secondary N) is 1. The fraction of sp³-hybridized carbons (Fsp3) is 0.500. The number of nitrogens with two attached hydrogens (primary N) is 1. The molecule has 0 atom stereocenters. The molecule has 0 fully saturated rings. The minimum absolute atomic E-state index is 0.00234. The van der Waals surface area contributed by atoms with Crippen molar-refractivity contribution in [3.05, 3.63) is 32.8 Å². The third-order valence-corrected chi connectivity index (χ3v) is 4.15. The van der Waals surface area contributed by atoms with Crippen molar-refractivity contribution in [1.82, 2.24) is 5.32 Å². The number of nitrogens with zero attached hydrogens (tertiary/aromatic N) is 1. The summed E-state index contributed by atoms with van der Waals surface area (Å²) in [6.07, 6.45) is 0. The van der Waals surface area contributed by atoms with Crippen molar-refractivity contribution in [3.8, 4) is 0 Å². The van der Waals surface area contributed by atoms with E-state index in [9.17, 15) is 14.9 Å². The van der Waals surface area contributed by atoms with Gasteiger partial charge in [-0.15, -0.1) is 0 Å². The van der Waals surface area contributed by atoms with Gasteiger partial charge in [0, 0.05) is 18.2 Å². The van der Waals surface area contributed by atoms with E-state index in [4.69, 9.17) is 17.3 Å². The predicted octanol–water partition coefficient (Wildman–Crippen LogP) is 3.24. The van der Waals surface area contributed by atoms with E-state index in [0.717, 1.165) is 6.07 Å². The summed E-state index contributed by atoms with van der Waals surface area (Å²) >= 11 is 5.84. The molecule has 0 heterocycles. The molecule has 0 aromatic heterocycles. The summed E-state index contributed by atoms with van der Waals surface area (Å²) in [7, 11) is 0. The van der Waals surface area contributed by atoms with Crippen LogP contribution in [-0.4, -0.2) is 17.4 Å². The van der Waals surface area contributed by atoms with Gasteiger partial charge in [-0.2, -0.15) is 0 Å². The van der Waals surface area contributed by atoms with Crippen LogP contribution < -0.4 is 11.1 Å². The molecule has 0 saturated heterocycles. The Bertz CT molecular complexity index is 571. The Morgan fingerprint density at radius 3 is 2.52 bits per heavy atom. The van der Waals surface area contributed by atoms with Crippen LogP contribution in [0.5, 0.6) is 0 Å². The third-order valence-electron chi connectivity index (χ3n) is 3.83. The summed E-state index contributed by atoms with van der Waals surface area (Å²) in [5.41, 5.74) is 5.07. The van der Waals surface area contributed by atoms with Crippen LogP contribution in [-0.2, 0) is 0 Å². The molecule has 0 bridgehead atoms. The van der Waals surface area contributed by atoms with Gasteiger partial charge in [-0.25, -0.2) is 0 Å². The molecular weight excluding hydrogens is 294 g/mol.